The van der Waals surface area contributed by atoms with E-state index in [1.54, 1.807) is 30.3 Å². The molecule has 1 amide bonds. The summed E-state index contributed by atoms with van der Waals surface area (Å²) in [5.41, 5.74) is 3.57. The van der Waals surface area contributed by atoms with Crippen molar-refractivity contribution in [3.63, 3.8) is 0 Å². The lowest BCUT2D eigenvalue weighted by Gasteiger charge is -2.07. The van der Waals surface area contributed by atoms with Crippen LogP contribution < -0.4 is 10.1 Å². The lowest BCUT2D eigenvalue weighted by Crippen LogP contribution is -2.13. The molecule has 2 heterocycles. The summed E-state index contributed by atoms with van der Waals surface area (Å²) >= 11 is 0. The molecule has 0 aliphatic carbocycles. The minimum atomic E-state index is -0.489. The van der Waals surface area contributed by atoms with Crippen LogP contribution in [0.2, 0.25) is 0 Å². The second-order valence-corrected chi connectivity index (χ2v) is 6.72. The van der Waals surface area contributed by atoms with E-state index in [9.17, 15) is 10.1 Å². The van der Waals surface area contributed by atoms with Gasteiger partial charge in [-0.2, -0.15) is 5.26 Å². The minimum Gasteiger partial charge on any atom is -0.494 e. The van der Waals surface area contributed by atoms with Gasteiger partial charge in [0.1, 0.15) is 23.0 Å². The first-order valence-corrected chi connectivity index (χ1v) is 9.88. The zero-order chi connectivity index (χ0) is 21.6. The average molecular weight is 408 g/mol. The van der Waals surface area contributed by atoms with E-state index in [0.717, 1.165) is 17.0 Å². The number of hydrogen-bond donors (Lipinski definition) is 1. The third-order valence-corrected chi connectivity index (χ3v) is 4.68. The molecule has 152 valence electrons. The molecule has 0 unspecified atom stereocenters. The first-order valence-electron chi connectivity index (χ1n) is 9.88. The van der Waals surface area contributed by atoms with Gasteiger partial charge in [-0.1, -0.05) is 36.4 Å². The first-order chi connectivity index (χ1) is 15.2. The molecule has 2 aromatic heterocycles. The second kappa shape index (κ2) is 8.97. The Morgan fingerprint density at radius 2 is 1.84 bits per heavy atom. The topological polar surface area (TPSA) is 79.4 Å². The van der Waals surface area contributed by atoms with E-state index in [1.165, 1.54) is 0 Å². The number of ether oxygens (including phenoxy) is 1. The lowest BCUT2D eigenvalue weighted by molar-refractivity contribution is -0.112. The third-order valence-electron chi connectivity index (χ3n) is 4.68. The van der Waals surface area contributed by atoms with Crippen molar-refractivity contribution in [2.24, 2.45) is 0 Å². The summed E-state index contributed by atoms with van der Waals surface area (Å²) in [7, 11) is 0. The van der Waals surface area contributed by atoms with Gasteiger partial charge in [0.2, 0.25) is 0 Å². The van der Waals surface area contributed by atoms with E-state index in [1.807, 2.05) is 72.1 Å². The van der Waals surface area contributed by atoms with E-state index in [4.69, 9.17) is 9.72 Å². The van der Waals surface area contributed by atoms with Gasteiger partial charge >= 0.3 is 0 Å². The minimum absolute atomic E-state index is 0.0169. The van der Waals surface area contributed by atoms with Crippen LogP contribution in [0.5, 0.6) is 5.75 Å². The lowest BCUT2D eigenvalue weighted by atomic mass is 10.1. The molecule has 4 aromatic rings. The van der Waals surface area contributed by atoms with Crippen molar-refractivity contribution in [2.75, 3.05) is 11.9 Å². The van der Waals surface area contributed by atoms with Gasteiger partial charge in [-0.05, 0) is 49.4 Å². The summed E-state index contributed by atoms with van der Waals surface area (Å²) in [4.78, 5) is 17.5. The van der Waals surface area contributed by atoms with Crippen LogP contribution in [0.15, 0.2) is 84.6 Å². The number of benzene rings is 2. The number of aromatic nitrogens is 2. The Morgan fingerprint density at radius 3 is 2.55 bits per heavy atom. The van der Waals surface area contributed by atoms with Crippen molar-refractivity contribution in [1.82, 2.24) is 9.38 Å². The molecular formula is C25H20N4O2. The molecule has 0 spiro atoms. The highest BCUT2D eigenvalue weighted by molar-refractivity contribution is 6.10. The fourth-order valence-corrected chi connectivity index (χ4v) is 3.25. The number of nitrogens with zero attached hydrogens (tertiary/aromatic N) is 3. The van der Waals surface area contributed by atoms with Crippen LogP contribution in [0.4, 0.5) is 5.69 Å². The molecule has 6 nitrogen and oxygen atoms in total. The number of nitrogens with one attached hydrogen (secondary N) is 1. The molecule has 2 aromatic carbocycles. The summed E-state index contributed by atoms with van der Waals surface area (Å²) in [6.07, 6.45) is 3.44. The van der Waals surface area contributed by atoms with E-state index < -0.39 is 5.91 Å². The van der Waals surface area contributed by atoms with Gasteiger partial charge in [-0.25, -0.2) is 4.98 Å². The summed E-state index contributed by atoms with van der Waals surface area (Å²) < 4.78 is 7.28. The summed E-state index contributed by atoms with van der Waals surface area (Å²) in [5, 5.41) is 12.5. The highest BCUT2D eigenvalue weighted by Gasteiger charge is 2.16. The number of hydrogen-bond acceptors (Lipinski definition) is 4. The monoisotopic (exact) mass is 408 g/mol. The molecule has 6 heteroatoms. The van der Waals surface area contributed by atoms with Crippen LogP contribution in [0.3, 0.4) is 0 Å². The zero-order valence-electron chi connectivity index (χ0n) is 16.9. The standard InChI is InChI=1S/C25H20N4O2/c1-2-31-21-13-11-20(12-14-21)27-25(30)19(17-26)16-22-24(18-8-4-3-5-9-18)28-23-10-6-7-15-29(22)23/h3-16H,2H2,1H3,(H,27,30). The maximum Gasteiger partial charge on any atom is 0.266 e. The Balaban J connectivity index is 1.70. The zero-order valence-corrected chi connectivity index (χ0v) is 16.9. The molecule has 0 bridgehead atoms. The van der Waals surface area contributed by atoms with Crippen molar-refractivity contribution < 1.29 is 9.53 Å². The molecule has 0 radical (unpaired) electrons. The molecule has 0 fully saturated rings. The van der Waals surface area contributed by atoms with Gasteiger partial charge in [0, 0.05) is 17.4 Å². The van der Waals surface area contributed by atoms with Gasteiger partial charge in [0.25, 0.3) is 5.91 Å². The smallest absolute Gasteiger partial charge is 0.266 e. The number of pyridine rings is 1. The van der Waals surface area contributed by atoms with Gasteiger partial charge in [-0.15, -0.1) is 0 Å². The normalized spacial score (nSPS) is 11.2. The first kappa shape index (κ1) is 19.9. The Bertz CT molecular complexity index is 1280. The molecule has 0 saturated heterocycles. The number of fused-ring (bicyclic) bond motifs is 1. The van der Waals surface area contributed by atoms with E-state index in [0.29, 0.717) is 23.7 Å². The molecule has 0 aliphatic heterocycles. The van der Waals surface area contributed by atoms with Crippen LogP contribution in [0.25, 0.3) is 23.0 Å². The van der Waals surface area contributed by atoms with Crippen molar-refractivity contribution in [3.05, 3.63) is 90.3 Å². The molecule has 0 atom stereocenters. The number of imidazole rings is 1. The van der Waals surface area contributed by atoms with Crippen LogP contribution in [-0.2, 0) is 4.79 Å². The fraction of sp³-hybridized carbons (Fsp3) is 0.0800. The highest BCUT2D eigenvalue weighted by atomic mass is 16.5. The van der Waals surface area contributed by atoms with Gasteiger partial charge in [-0.3, -0.25) is 9.20 Å². The second-order valence-electron chi connectivity index (χ2n) is 6.72. The number of nitriles is 1. The van der Waals surface area contributed by atoms with Gasteiger partial charge < -0.3 is 10.1 Å². The number of anilines is 1. The molecule has 4 rings (SSSR count). The van der Waals surface area contributed by atoms with E-state index >= 15 is 0 Å². The van der Waals surface area contributed by atoms with Gasteiger partial charge in [0.05, 0.1) is 18.0 Å². The maximum atomic E-state index is 12.8. The quantitative estimate of drug-likeness (QED) is 0.362. The van der Waals surface area contributed by atoms with Crippen molar-refractivity contribution >= 4 is 23.3 Å². The number of rotatable bonds is 6. The largest absolute Gasteiger partial charge is 0.494 e. The Morgan fingerprint density at radius 1 is 1.10 bits per heavy atom. The molecular weight excluding hydrogens is 388 g/mol. The molecule has 1 N–H and O–H groups in total. The number of carbonyl (C=O) groups is 1. The maximum absolute atomic E-state index is 12.8. The summed E-state index contributed by atoms with van der Waals surface area (Å²) in [6, 6.07) is 24.4. The Labute approximate surface area is 180 Å². The number of amides is 1. The fourth-order valence-electron chi connectivity index (χ4n) is 3.25. The van der Waals surface area contributed by atoms with Crippen LogP contribution in [0.1, 0.15) is 12.6 Å². The third kappa shape index (κ3) is 4.31. The Kier molecular flexibility index (Phi) is 5.77. The van der Waals surface area contributed by atoms with Crippen LogP contribution in [-0.4, -0.2) is 21.9 Å². The SMILES string of the molecule is CCOc1ccc(NC(=O)C(C#N)=Cc2c(-c3ccccc3)nc3ccccn23)cc1. The summed E-state index contributed by atoms with van der Waals surface area (Å²) in [5.74, 6) is 0.228. The number of carbonyl (C=O) groups excluding carboxylic acids is 1. The van der Waals surface area contributed by atoms with Crippen molar-refractivity contribution in [2.45, 2.75) is 6.92 Å². The van der Waals surface area contributed by atoms with Crippen LogP contribution >= 0.6 is 0 Å². The van der Waals surface area contributed by atoms with Gasteiger partial charge in [0.15, 0.2) is 0 Å². The summed E-state index contributed by atoms with van der Waals surface area (Å²) in [6.45, 7) is 2.47. The average Bonchev–Trinajstić information content (AvgIpc) is 3.18. The van der Waals surface area contributed by atoms with E-state index in [-0.39, 0.29) is 5.57 Å². The van der Waals surface area contributed by atoms with E-state index in [2.05, 4.69) is 5.32 Å². The highest BCUT2D eigenvalue weighted by Crippen LogP contribution is 2.26. The predicted molar refractivity (Wildman–Crippen MR) is 120 cm³/mol. The van der Waals surface area contributed by atoms with Crippen molar-refractivity contribution in [3.8, 4) is 23.1 Å². The molecule has 0 aliphatic rings. The molecule has 31 heavy (non-hydrogen) atoms. The predicted octanol–water partition coefficient (Wildman–Crippen LogP) is 4.95. The Hall–Kier alpha value is -4.37. The van der Waals surface area contributed by atoms with Crippen molar-refractivity contribution in [1.29, 1.82) is 5.26 Å². The van der Waals surface area contributed by atoms with Crippen LogP contribution in [0, 0.1) is 11.3 Å². The molecule has 0 saturated carbocycles.